The highest BCUT2D eigenvalue weighted by molar-refractivity contribution is 5.30. The molecule has 1 unspecified atom stereocenters. The van der Waals surface area contributed by atoms with Gasteiger partial charge >= 0.3 is 0 Å². The molecule has 96 valence electrons. The molecular formula is C12H21N3O2. The molecule has 5 heteroatoms. The fraction of sp³-hybridized carbons (Fsp3) is 0.667. The van der Waals surface area contributed by atoms with E-state index >= 15 is 0 Å². The van der Waals surface area contributed by atoms with Gasteiger partial charge < -0.3 is 14.8 Å². The molecule has 0 amide bonds. The Kier molecular flexibility index (Phi) is 5.69. The molecule has 1 atom stereocenters. The van der Waals surface area contributed by atoms with Gasteiger partial charge in [-0.15, -0.1) is 0 Å². The predicted molar refractivity (Wildman–Crippen MR) is 67.5 cm³/mol. The zero-order valence-corrected chi connectivity index (χ0v) is 11.0. The third kappa shape index (κ3) is 4.99. The van der Waals surface area contributed by atoms with Gasteiger partial charge in [0.25, 0.3) is 0 Å². The highest BCUT2D eigenvalue weighted by Crippen LogP contribution is 2.11. The van der Waals surface area contributed by atoms with Gasteiger partial charge in [0.2, 0.25) is 11.8 Å². The van der Waals surface area contributed by atoms with Crippen LogP contribution in [0.5, 0.6) is 5.88 Å². The molecule has 0 bridgehead atoms. The normalized spacial score (nSPS) is 12.2. The van der Waals surface area contributed by atoms with Crippen molar-refractivity contribution in [2.24, 2.45) is 0 Å². The second kappa shape index (κ2) is 7.06. The van der Waals surface area contributed by atoms with Gasteiger partial charge in [-0.3, -0.25) is 0 Å². The molecule has 0 aliphatic carbocycles. The SMILES string of the molecule is CCOc1cc(C)nc(NCC(C)OCC)n1. The third-order valence-electron chi connectivity index (χ3n) is 2.12. The lowest BCUT2D eigenvalue weighted by Gasteiger charge is -2.13. The molecule has 1 aromatic rings. The van der Waals surface area contributed by atoms with Crippen molar-refractivity contribution in [2.75, 3.05) is 25.1 Å². The van der Waals surface area contributed by atoms with E-state index in [1.54, 1.807) is 0 Å². The smallest absolute Gasteiger partial charge is 0.226 e. The molecule has 0 aliphatic heterocycles. The Hall–Kier alpha value is -1.36. The molecular weight excluding hydrogens is 218 g/mol. The van der Waals surface area contributed by atoms with Crippen molar-refractivity contribution < 1.29 is 9.47 Å². The van der Waals surface area contributed by atoms with Crippen LogP contribution in [0.4, 0.5) is 5.95 Å². The van der Waals surface area contributed by atoms with E-state index < -0.39 is 0 Å². The van der Waals surface area contributed by atoms with E-state index in [0.29, 0.717) is 31.6 Å². The summed E-state index contributed by atoms with van der Waals surface area (Å²) in [4.78, 5) is 8.55. The van der Waals surface area contributed by atoms with Crippen molar-refractivity contribution in [1.82, 2.24) is 9.97 Å². The topological polar surface area (TPSA) is 56.3 Å². The van der Waals surface area contributed by atoms with Crippen LogP contribution in [0.3, 0.4) is 0 Å². The fourth-order valence-electron chi connectivity index (χ4n) is 1.42. The van der Waals surface area contributed by atoms with E-state index in [1.807, 2.05) is 33.8 Å². The second-order valence-electron chi connectivity index (χ2n) is 3.75. The van der Waals surface area contributed by atoms with Gasteiger partial charge in [-0.1, -0.05) is 0 Å². The first-order chi connectivity index (χ1) is 8.15. The maximum atomic E-state index is 5.42. The van der Waals surface area contributed by atoms with Crippen molar-refractivity contribution in [3.05, 3.63) is 11.8 Å². The summed E-state index contributed by atoms with van der Waals surface area (Å²) in [6, 6.07) is 1.82. The van der Waals surface area contributed by atoms with Gasteiger partial charge in [0, 0.05) is 24.9 Å². The van der Waals surface area contributed by atoms with E-state index in [9.17, 15) is 0 Å². The lowest BCUT2D eigenvalue weighted by atomic mass is 10.4. The number of hydrogen-bond acceptors (Lipinski definition) is 5. The van der Waals surface area contributed by atoms with Crippen LogP contribution in [0.1, 0.15) is 26.5 Å². The number of nitrogens with zero attached hydrogens (tertiary/aromatic N) is 2. The third-order valence-corrected chi connectivity index (χ3v) is 2.12. The summed E-state index contributed by atoms with van der Waals surface area (Å²) < 4.78 is 10.8. The fourth-order valence-corrected chi connectivity index (χ4v) is 1.42. The van der Waals surface area contributed by atoms with E-state index in [2.05, 4.69) is 15.3 Å². The molecule has 0 aliphatic rings. The monoisotopic (exact) mass is 239 g/mol. The highest BCUT2D eigenvalue weighted by Gasteiger charge is 2.05. The van der Waals surface area contributed by atoms with Crippen molar-refractivity contribution in [3.63, 3.8) is 0 Å². The number of anilines is 1. The molecule has 0 saturated heterocycles. The van der Waals surface area contributed by atoms with Crippen LogP contribution in [-0.2, 0) is 4.74 Å². The second-order valence-corrected chi connectivity index (χ2v) is 3.75. The van der Waals surface area contributed by atoms with Crippen LogP contribution in [0.15, 0.2) is 6.07 Å². The maximum Gasteiger partial charge on any atom is 0.226 e. The van der Waals surface area contributed by atoms with Crippen LogP contribution in [-0.4, -0.2) is 35.8 Å². The first kappa shape index (κ1) is 13.7. The van der Waals surface area contributed by atoms with Crippen LogP contribution < -0.4 is 10.1 Å². The summed E-state index contributed by atoms with van der Waals surface area (Å²) in [6.45, 7) is 9.83. The van der Waals surface area contributed by atoms with Gasteiger partial charge in [0.05, 0.1) is 12.7 Å². The lowest BCUT2D eigenvalue weighted by molar-refractivity contribution is 0.0854. The number of ether oxygens (including phenoxy) is 2. The average Bonchev–Trinajstić information content (AvgIpc) is 2.26. The lowest BCUT2D eigenvalue weighted by Crippen LogP contribution is -2.21. The van der Waals surface area contributed by atoms with Crippen LogP contribution in [0.2, 0.25) is 0 Å². The molecule has 17 heavy (non-hydrogen) atoms. The van der Waals surface area contributed by atoms with Crippen LogP contribution in [0, 0.1) is 6.92 Å². The Morgan fingerprint density at radius 1 is 1.29 bits per heavy atom. The van der Waals surface area contributed by atoms with Crippen LogP contribution in [0.25, 0.3) is 0 Å². The van der Waals surface area contributed by atoms with E-state index in [0.717, 1.165) is 5.69 Å². The predicted octanol–water partition coefficient (Wildman–Crippen LogP) is 2.02. The quantitative estimate of drug-likeness (QED) is 0.789. The summed E-state index contributed by atoms with van der Waals surface area (Å²) in [5, 5.41) is 3.14. The molecule has 0 spiro atoms. The zero-order chi connectivity index (χ0) is 12.7. The molecule has 0 saturated carbocycles. The van der Waals surface area contributed by atoms with E-state index in [-0.39, 0.29) is 6.10 Å². The standard InChI is InChI=1S/C12H21N3O2/c1-5-16-10(4)8-13-12-14-9(3)7-11(15-12)17-6-2/h7,10H,5-6,8H2,1-4H3,(H,13,14,15). The minimum Gasteiger partial charge on any atom is -0.478 e. The van der Waals surface area contributed by atoms with E-state index in [4.69, 9.17) is 9.47 Å². The minimum absolute atomic E-state index is 0.139. The summed E-state index contributed by atoms with van der Waals surface area (Å²) in [5.41, 5.74) is 0.884. The Morgan fingerprint density at radius 2 is 2.06 bits per heavy atom. The van der Waals surface area contributed by atoms with Crippen molar-refractivity contribution in [3.8, 4) is 5.88 Å². The molecule has 1 N–H and O–H groups in total. The van der Waals surface area contributed by atoms with E-state index in [1.165, 1.54) is 0 Å². The van der Waals surface area contributed by atoms with Crippen LogP contribution >= 0.6 is 0 Å². The molecule has 1 aromatic heterocycles. The first-order valence-corrected chi connectivity index (χ1v) is 5.99. The van der Waals surface area contributed by atoms with Crippen molar-refractivity contribution in [2.45, 2.75) is 33.8 Å². The van der Waals surface area contributed by atoms with Crippen molar-refractivity contribution in [1.29, 1.82) is 0 Å². The molecule has 0 aromatic carbocycles. The minimum atomic E-state index is 0.139. The van der Waals surface area contributed by atoms with Crippen molar-refractivity contribution >= 4 is 5.95 Å². The molecule has 5 nitrogen and oxygen atoms in total. The highest BCUT2D eigenvalue weighted by atomic mass is 16.5. The van der Waals surface area contributed by atoms with Gasteiger partial charge in [0.15, 0.2) is 0 Å². The Bertz CT molecular complexity index is 345. The van der Waals surface area contributed by atoms with Gasteiger partial charge in [-0.25, -0.2) is 4.98 Å². The number of hydrogen-bond donors (Lipinski definition) is 1. The summed E-state index contributed by atoms with van der Waals surface area (Å²) in [5.74, 6) is 1.19. The number of nitrogens with one attached hydrogen (secondary N) is 1. The first-order valence-electron chi connectivity index (χ1n) is 5.99. The maximum absolute atomic E-state index is 5.42. The Balaban J connectivity index is 2.57. The number of rotatable bonds is 7. The number of aryl methyl sites for hydroxylation is 1. The Labute approximate surface area is 103 Å². The molecule has 0 radical (unpaired) electrons. The summed E-state index contributed by atoms with van der Waals surface area (Å²) in [6.07, 6.45) is 0.139. The zero-order valence-electron chi connectivity index (χ0n) is 11.0. The average molecular weight is 239 g/mol. The van der Waals surface area contributed by atoms with Gasteiger partial charge in [-0.2, -0.15) is 4.98 Å². The molecule has 1 heterocycles. The number of aromatic nitrogens is 2. The molecule has 1 rings (SSSR count). The largest absolute Gasteiger partial charge is 0.478 e. The summed E-state index contributed by atoms with van der Waals surface area (Å²) in [7, 11) is 0. The van der Waals surface area contributed by atoms with Gasteiger partial charge in [-0.05, 0) is 27.7 Å². The summed E-state index contributed by atoms with van der Waals surface area (Å²) >= 11 is 0. The van der Waals surface area contributed by atoms with Gasteiger partial charge in [0.1, 0.15) is 0 Å². The Morgan fingerprint density at radius 3 is 2.71 bits per heavy atom. The molecule has 0 fully saturated rings.